The van der Waals surface area contributed by atoms with Crippen LogP contribution < -0.4 is 15.4 Å². The Kier molecular flexibility index (Phi) is 10.6. The summed E-state index contributed by atoms with van der Waals surface area (Å²) in [5.41, 5.74) is 0.313. The topological polar surface area (TPSA) is 153 Å². The van der Waals surface area contributed by atoms with Gasteiger partial charge in [0.05, 0.1) is 17.1 Å². The van der Waals surface area contributed by atoms with Crippen LogP contribution in [-0.2, 0) is 19.5 Å². The standard InChI is InChI=1S/C22H28N4O7S/c1-3-33-13-4-11-23-20(27)16-5-8-18(9-6-16)34(30,31)26-21(28)17-7-10-19(25-15-17)22(29)24-12-14-32-2/h5-10,15H,3-4,11-14H2,1-2H3,(H,23,27)(H,24,29)(H,26,28). The number of carbonyl (C=O) groups excluding carboxylic acids is 3. The van der Waals surface area contributed by atoms with Gasteiger partial charge in [0.2, 0.25) is 0 Å². The third kappa shape index (κ3) is 8.21. The third-order valence-corrected chi connectivity index (χ3v) is 5.81. The minimum atomic E-state index is -4.19. The van der Waals surface area contributed by atoms with Crippen LogP contribution in [0.4, 0.5) is 0 Å². The van der Waals surface area contributed by atoms with Crippen molar-refractivity contribution in [1.29, 1.82) is 0 Å². The average Bonchev–Trinajstić information content (AvgIpc) is 2.83. The Bertz CT molecular complexity index is 1070. The van der Waals surface area contributed by atoms with Crippen molar-refractivity contribution in [1.82, 2.24) is 20.3 Å². The fraction of sp³-hybridized carbons (Fsp3) is 0.364. The summed E-state index contributed by atoms with van der Waals surface area (Å²) >= 11 is 0. The van der Waals surface area contributed by atoms with E-state index in [1.54, 1.807) is 0 Å². The minimum Gasteiger partial charge on any atom is -0.383 e. The lowest BCUT2D eigenvalue weighted by atomic mass is 10.2. The maximum atomic E-state index is 12.5. The molecule has 0 aliphatic carbocycles. The fourth-order valence-electron chi connectivity index (χ4n) is 2.67. The van der Waals surface area contributed by atoms with Gasteiger partial charge in [0, 0.05) is 45.2 Å². The second-order valence-electron chi connectivity index (χ2n) is 6.95. The first-order valence-corrected chi connectivity index (χ1v) is 12.0. The summed E-state index contributed by atoms with van der Waals surface area (Å²) < 4.78 is 37.1. The van der Waals surface area contributed by atoms with Crippen LogP contribution in [0.15, 0.2) is 47.5 Å². The van der Waals surface area contributed by atoms with Crippen molar-refractivity contribution < 1.29 is 32.3 Å². The van der Waals surface area contributed by atoms with Crippen LogP contribution in [0, 0.1) is 0 Å². The molecule has 0 fully saturated rings. The monoisotopic (exact) mass is 492 g/mol. The molecule has 3 amide bonds. The smallest absolute Gasteiger partial charge is 0.269 e. The summed E-state index contributed by atoms with van der Waals surface area (Å²) in [5.74, 6) is -1.70. The molecule has 0 aliphatic heterocycles. The number of hydrogen-bond acceptors (Lipinski definition) is 8. The summed E-state index contributed by atoms with van der Waals surface area (Å²) in [6.45, 7) is 4.09. The molecule has 0 bridgehead atoms. The molecular weight excluding hydrogens is 464 g/mol. The lowest BCUT2D eigenvalue weighted by Crippen LogP contribution is -2.31. The van der Waals surface area contributed by atoms with Gasteiger partial charge in [-0.05, 0) is 49.7 Å². The molecule has 0 atom stereocenters. The van der Waals surface area contributed by atoms with E-state index in [2.05, 4.69) is 15.6 Å². The largest absolute Gasteiger partial charge is 0.383 e. The number of carbonyl (C=O) groups is 3. The van der Waals surface area contributed by atoms with Gasteiger partial charge in [-0.25, -0.2) is 13.1 Å². The maximum Gasteiger partial charge on any atom is 0.269 e. The highest BCUT2D eigenvalue weighted by Crippen LogP contribution is 2.12. The number of sulfonamides is 1. The molecule has 0 radical (unpaired) electrons. The molecule has 1 heterocycles. The van der Waals surface area contributed by atoms with Crippen LogP contribution >= 0.6 is 0 Å². The highest BCUT2D eigenvalue weighted by atomic mass is 32.2. The molecule has 3 N–H and O–H groups in total. The number of hydrogen-bond donors (Lipinski definition) is 3. The van der Waals surface area contributed by atoms with E-state index in [4.69, 9.17) is 9.47 Å². The molecule has 0 unspecified atom stereocenters. The van der Waals surface area contributed by atoms with Crippen LogP contribution in [0.1, 0.15) is 44.5 Å². The molecule has 1 aromatic carbocycles. The fourth-order valence-corrected chi connectivity index (χ4v) is 3.64. The van der Waals surface area contributed by atoms with Crippen LogP contribution in [0.2, 0.25) is 0 Å². The van der Waals surface area contributed by atoms with Gasteiger partial charge in [-0.15, -0.1) is 0 Å². The van der Waals surface area contributed by atoms with E-state index in [0.717, 1.165) is 6.20 Å². The zero-order chi connectivity index (χ0) is 25.0. The Morgan fingerprint density at radius 2 is 1.56 bits per heavy atom. The Labute approximate surface area is 198 Å². The van der Waals surface area contributed by atoms with E-state index in [0.29, 0.717) is 39.3 Å². The zero-order valence-electron chi connectivity index (χ0n) is 19.0. The number of ether oxygens (including phenoxy) is 2. The van der Waals surface area contributed by atoms with E-state index in [-0.39, 0.29) is 27.6 Å². The molecule has 0 spiro atoms. The summed E-state index contributed by atoms with van der Waals surface area (Å²) in [5, 5.41) is 5.30. The van der Waals surface area contributed by atoms with E-state index in [9.17, 15) is 22.8 Å². The molecular formula is C22H28N4O7S. The maximum absolute atomic E-state index is 12.5. The quantitative estimate of drug-likeness (QED) is 0.346. The molecule has 184 valence electrons. The molecule has 0 saturated carbocycles. The molecule has 11 nitrogen and oxygen atoms in total. The molecule has 2 rings (SSSR count). The average molecular weight is 493 g/mol. The predicted molar refractivity (Wildman–Crippen MR) is 123 cm³/mol. The molecule has 12 heteroatoms. The Balaban J connectivity index is 1.95. The highest BCUT2D eigenvalue weighted by Gasteiger charge is 2.20. The zero-order valence-corrected chi connectivity index (χ0v) is 19.8. The first-order valence-electron chi connectivity index (χ1n) is 10.5. The van der Waals surface area contributed by atoms with E-state index >= 15 is 0 Å². The lowest BCUT2D eigenvalue weighted by molar-refractivity contribution is 0.0927. The first-order chi connectivity index (χ1) is 16.3. The number of rotatable bonds is 13. The second kappa shape index (κ2) is 13.4. The van der Waals surface area contributed by atoms with Crippen molar-refractivity contribution >= 4 is 27.7 Å². The van der Waals surface area contributed by atoms with Gasteiger partial charge in [-0.3, -0.25) is 19.4 Å². The van der Waals surface area contributed by atoms with Crippen LogP contribution in [-0.4, -0.2) is 71.1 Å². The summed E-state index contributed by atoms with van der Waals surface area (Å²) in [4.78, 5) is 40.1. The van der Waals surface area contributed by atoms with Crippen molar-refractivity contribution in [2.24, 2.45) is 0 Å². The number of aromatic nitrogens is 1. The van der Waals surface area contributed by atoms with Gasteiger partial charge in [0.25, 0.3) is 27.7 Å². The second-order valence-corrected chi connectivity index (χ2v) is 8.63. The lowest BCUT2D eigenvalue weighted by Gasteiger charge is -2.09. The van der Waals surface area contributed by atoms with Crippen molar-refractivity contribution in [2.75, 3.05) is 40.0 Å². The Morgan fingerprint density at radius 1 is 0.882 bits per heavy atom. The number of pyridine rings is 1. The molecule has 1 aromatic heterocycles. The minimum absolute atomic E-state index is 0.0416. The number of benzene rings is 1. The van der Waals surface area contributed by atoms with Crippen molar-refractivity contribution in [2.45, 2.75) is 18.2 Å². The third-order valence-electron chi connectivity index (χ3n) is 4.46. The van der Waals surface area contributed by atoms with E-state index in [1.807, 2.05) is 11.6 Å². The number of amides is 3. The van der Waals surface area contributed by atoms with Crippen molar-refractivity contribution in [3.8, 4) is 0 Å². The first kappa shape index (κ1) is 26.9. The van der Waals surface area contributed by atoms with Gasteiger partial charge in [-0.2, -0.15) is 0 Å². The molecule has 34 heavy (non-hydrogen) atoms. The van der Waals surface area contributed by atoms with Crippen molar-refractivity contribution in [3.05, 3.63) is 59.4 Å². The summed E-state index contributed by atoms with van der Waals surface area (Å²) in [6, 6.07) is 7.78. The van der Waals surface area contributed by atoms with Crippen molar-refractivity contribution in [3.63, 3.8) is 0 Å². The van der Waals surface area contributed by atoms with E-state index in [1.165, 1.54) is 43.5 Å². The molecule has 0 saturated heterocycles. The Hall–Kier alpha value is -3.35. The summed E-state index contributed by atoms with van der Waals surface area (Å²) in [7, 11) is -2.68. The van der Waals surface area contributed by atoms with Gasteiger partial charge >= 0.3 is 0 Å². The Morgan fingerprint density at radius 3 is 2.18 bits per heavy atom. The number of methoxy groups -OCH3 is 1. The molecule has 2 aromatic rings. The highest BCUT2D eigenvalue weighted by molar-refractivity contribution is 7.90. The molecule has 0 aliphatic rings. The van der Waals surface area contributed by atoms with Crippen LogP contribution in [0.25, 0.3) is 0 Å². The number of nitrogens with one attached hydrogen (secondary N) is 3. The predicted octanol–water partition coefficient (Wildman–Crippen LogP) is 0.733. The normalized spacial score (nSPS) is 11.0. The van der Waals surface area contributed by atoms with Gasteiger partial charge in [0.1, 0.15) is 5.69 Å². The van der Waals surface area contributed by atoms with Crippen LogP contribution in [0.5, 0.6) is 0 Å². The summed E-state index contributed by atoms with van der Waals surface area (Å²) in [6.07, 6.45) is 1.77. The van der Waals surface area contributed by atoms with E-state index < -0.39 is 21.8 Å². The van der Waals surface area contributed by atoms with Gasteiger partial charge in [-0.1, -0.05) is 0 Å². The SMILES string of the molecule is CCOCCCNC(=O)c1ccc(S(=O)(=O)NC(=O)c2ccc(C(=O)NCCOC)nc2)cc1. The number of nitrogens with zero attached hydrogens (tertiary/aromatic N) is 1. The van der Waals surface area contributed by atoms with Gasteiger partial charge in [0.15, 0.2) is 0 Å². The van der Waals surface area contributed by atoms with Gasteiger partial charge < -0.3 is 20.1 Å². The van der Waals surface area contributed by atoms with Crippen LogP contribution in [0.3, 0.4) is 0 Å².